The zero-order valence-corrected chi connectivity index (χ0v) is 9.54. The summed E-state index contributed by atoms with van der Waals surface area (Å²) in [6, 6.07) is -0.567. The Labute approximate surface area is 90.0 Å². The largest absolute Gasteiger partial charge is 0.481 e. The molecule has 0 saturated carbocycles. The van der Waals surface area contributed by atoms with Gasteiger partial charge in [0.1, 0.15) is 0 Å². The first-order valence-corrected chi connectivity index (χ1v) is 5.00. The molecule has 4 N–H and O–H groups in total. The van der Waals surface area contributed by atoms with Crippen molar-refractivity contribution in [3.63, 3.8) is 0 Å². The van der Waals surface area contributed by atoms with Gasteiger partial charge in [0.2, 0.25) is 5.91 Å². The molecule has 1 atom stereocenters. The van der Waals surface area contributed by atoms with E-state index in [-0.39, 0.29) is 17.7 Å². The Bertz CT molecular complexity index is 233. The van der Waals surface area contributed by atoms with Crippen LogP contribution in [0.15, 0.2) is 0 Å². The van der Waals surface area contributed by atoms with Crippen molar-refractivity contribution in [3.05, 3.63) is 0 Å². The lowest BCUT2D eigenvalue weighted by Gasteiger charge is -2.25. The quantitative estimate of drug-likeness (QED) is 0.578. The Morgan fingerprint density at radius 3 is 2.33 bits per heavy atom. The van der Waals surface area contributed by atoms with E-state index in [1.165, 1.54) is 0 Å². The highest BCUT2D eigenvalue weighted by molar-refractivity contribution is 5.82. The van der Waals surface area contributed by atoms with Crippen molar-refractivity contribution in [3.8, 4) is 0 Å². The number of nitrogens with one attached hydrogen (secondary N) is 1. The fraction of sp³-hybridized carbons (Fsp3) is 0.800. The van der Waals surface area contributed by atoms with Crippen LogP contribution in [-0.2, 0) is 9.59 Å². The summed E-state index contributed by atoms with van der Waals surface area (Å²) in [6.45, 7) is 6.01. The molecule has 0 bridgehead atoms. The van der Waals surface area contributed by atoms with Crippen molar-refractivity contribution in [2.75, 3.05) is 6.54 Å². The minimum absolute atomic E-state index is 0.0606. The van der Waals surface area contributed by atoms with Gasteiger partial charge >= 0.3 is 5.97 Å². The molecule has 88 valence electrons. The highest BCUT2D eigenvalue weighted by Crippen LogP contribution is 2.16. The summed E-state index contributed by atoms with van der Waals surface area (Å²) in [5.74, 6) is -1.09. The first-order chi connectivity index (χ1) is 6.75. The summed E-state index contributed by atoms with van der Waals surface area (Å²) in [5.41, 5.74) is 5.43. The maximum Gasteiger partial charge on any atom is 0.303 e. The molecular formula is C10H20N2O3. The molecule has 0 radical (unpaired) electrons. The van der Waals surface area contributed by atoms with E-state index < -0.39 is 12.0 Å². The first-order valence-electron chi connectivity index (χ1n) is 5.00. The Morgan fingerprint density at radius 1 is 1.40 bits per heavy atom. The number of aliphatic carboxylic acids is 1. The monoisotopic (exact) mass is 216 g/mol. The molecule has 0 heterocycles. The molecule has 0 aromatic heterocycles. The second kappa shape index (κ2) is 5.70. The molecule has 0 aliphatic carbocycles. The number of rotatable bonds is 5. The predicted octanol–water partition coefficient (Wildman–Crippen LogP) is 0.341. The van der Waals surface area contributed by atoms with Gasteiger partial charge < -0.3 is 16.2 Å². The lowest BCUT2D eigenvalue weighted by Crippen LogP contribution is -2.48. The Morgan fingerprint density at radius 2 is 1.93 bits per heavy atom. The number of carbonyl (C=O) groups excluding carboxylic acids is 1. The van der Waals surface area contributed by atoms with E-state index in [9.17, 15) is 9.59 Å². The normalized spacial score (nSPS) is 13.3. The molecule has 1 amide bonds. The number of amides is 1. The lowest BCUT2D eigenvalue weighted by molar-refractivity contribution is -0.137. The third-order valence-corrected chi connectivity index (χ3v) is 2.08. The Hall–Kier alpha value is -1.10. The van der Waals surface area contributed by atoms with Crippen LogP contribution in [-0.4, -0.2) is 29.6 Å². The summed E-state index contributed by atoms with van der Waals surface area (Å²) in [4.78, 5) is 21.7. The van der Waals surface area contributed by atoms with Crippen LogP contribution >= 0.6 is 0 Å². The summed E-state index contributed by atoms with van der Waals surface area (Å²) in [7, 11) is 0. The number of hydrogen-bond donors (Lipinski definition) is 3. The van der Waals surface area contributed by atoms with E-state index in [0.717, 1.165) is 0 Å². The van der Waals surface area contributed by atoms with E-state index in [1.807, 2.05) is 20.8 Å². The van der Waals surface area contributed by atoms with E-state index in [4.69, 9.17) is 10.8 Å². The number of carboxylic acid groups (broad SMARTS) is 1. The minimum Gasteiger partial charge on any atom is -0.481 e. The standard InChI is InChI=1S/C10H20N2O3/c1-10(2,3)8(11)9(15)12-6-4-5-7(13)14/h8H,4-6,11H2,1-3H3,(H,12,15)(H,13,14)/t8-/m0/s1. The Balaban J connectivity index is 3.80. The van der Waals surface area contributed by atoms with E-state index in [2.05, 4.69) is 5.32 Å². The van der Waals surface area contributed by atoms with Gasteiger partial charge in [-0.3, -0.25) is 9.59 Å². The lowest BCUT2D eigenvalue weighted by atomic mass is 9.87. The van der Waals surface area contributed by atoms with Crippen molar-refractivity contribution < 1.29 is 14.7 Å². The highest BCUT2D eigenvalue weighted by Gasteiger charge is 2.26. The van der Waals surface area contributed by atoms with Crippen LogP contribution in [0.2, 0.25) is 0 Å². The summed E-state index contributed by atoms with van der Waals surface area (Å²) in [5, 5.41) is 11.0. The maximum atomic E-state index is 11.5. The first kappa shape index (κ1) is 13.9. The van der Waals surface area contributed by atoms with Crippen molar-refractivity contribution in [2.45, 2.75) is 39.7 Å². The van der Waals surface area contributed by atoms with Crippen molar-refractivity contribution in [1.29, 1.82) is 0 Å². The van der Waals surface area contributed by atoms with Gasteiger partial charge in [-0.05, 0) is 11.8 Å². The van der Waals surface area contributed by atoms with Gasteiger partial charge in [-0.1, -0.05) is 20.8 Å². The zero-order chi connectivity index (χ0) is 12.1. The molecule has 5 heteroatoms. The second-order valence-corrected chi connectivity index (χ2v) is 4.63. The molecule has 0 saturated heterocycles. The number of hydrogen-bond acceptors (Lipinski definition) is 3. The van der Waals surface area contributed by atoms with Crippen LogP contribution in [0.25, 0.3) is 0 Å². The Kier molecular flexibility index (Phi) is 5.28. The van der Waals surface area contributed by atoms with Crippen molar-refractivity contribution in [1.82, 2.24) is 5.32 Å². The van der Waals surface area contributed by atoms with Crippen LogP contribution in [0.5, 0.6) is 0 Å². The van der Waals surface area contributed by atoms with Gasteiger partial charge in [0.15, 0.2) is 0 Å². The third-order valence-electron chi connectivity index (χ3n) is 2.08. The average molecular weight is 216 g/mol. The molecule has 5 nitrogen and oxygen atoms in total. The fourth-order valence-corrected chi connectivity index (χ4v) is 0.954. The summed E-state index contributed by atoms with van der Waals surface area (Å²) >= 11 is 0. The van der Waals surface area contributed by atoms with Gasteiger partial charge in [0, 0.05) is 13.0 Å². The van der Waals surface area contributed by atoms with Gasteiger partial charge in [0.05, 0.1) is 6.04 Å². The number of carboxylic acids is 1. The summed E-state index contributed by atoms with van der Waals surface area (Å²) in [6.07, 6.45) is 0.489. The summed E-state index contributed by atoms with van der Waals surface area (Å²) < 4.78 is 0. The van der Waals surface area contributed by atoms with Crippen LogP contribution in [0.1, 0.15) is 33.6 Å². The molecule has 0 rings (SSSR count). The van der Waals surface area contributed by atoms with Crippen LogP contribution in [0.3, 0.4) is 0 Å². The SMILES string of the molecule is CC(C)(C)[C@@H](N)C(=O)NCCCC(=O)O. The molecule has 0 spiro atoms. The predicted molar refractivity (Wildman–Crippen MR) is 57.3 cm³/mol. The van der Waals surface area contributed by atoms with Gasteiger partial charge in [-0.25, -0.2) is 0 Å². The van der Waals surface area contributed by atoms with E-state index in [0.29, 0.717) is 13.0 Å². The van der Waals surface area contributed by atoms with Crippen LogP contribution in [0, 0.1) is 5.41 Å². The molecular weight excluding hydrogens is 196 g/mol. The molecule has 0 aromatic rings. The van der Waals surface area contributed by atoms with Crippen LogP contribution in [0.4, 0.5) is 0 Å². The van der Waals surface area contributed by atoms with E-state index >= 15 is 0 Å². The van der Waals surface area contributed by atoms with Crippen LogP contribution < -0.4 is 11.1 Å². The molecule has 0 fully saturated rings. The molecule has 15 heavy (non-hydrogen) atoms. The molecule has 0 aromatic carbocycles. The molecule has 0 unspecified atom stereocenters. The van der Waals surface area contributed by atoms with Crippen molar-refractivity contribution >= 4 is 11.9 Å². The maximum absolute atomic E-state index is 11.5. The zero-order valence-electron chi connectivity index (χ0n) is 9.54. The fourth-order valence-electron chi connectivity index (χ4n) is 0.954. The van der Waals surface area contributed by atoms with Crippen molar-refractivity contribution in [2.24, 2.45) is 11.1 Å². The number of nitrogens with two attached hydrogens (primary N) is 1. The van der Waals surface area contributed by atoms with Gasteiger partial charge in [-0.2, -0.15) is 0 Å². The minimum atomic E-state index is -0.857. The molecule has 0 aliphatic rings. The highest BCUT2D eigenvalue weighted by atomic mass is 16.4. The third kappa shape index (κ3) is 6.06. The van der Waals surface area contributed by atoms with Gasteiger partial charge in [-0.15, -0.1) is 0 Å². The van der Waals surface area contributed by atoms with Gasteiger partial charge in [0.25, 0.3) is 0 Å². The smallest absolute Gasteiger partial charge is 0.303 e. The number of carbonyl (C=O) groups is 2. The second-order valence-electron chi connectivity index (χ2n) is 4.63. The topological polar surface area (TPSA) is 92.4 Å². The average Bonchev–Trinajstić information content (AvgIpc) is 2.09. The van der Waals surface area contributed by atoms with E-state index in [1.54, 1.807) is 0 Å². The molecule has 0 aliphatic heterocycles.